The third kappa shape index (κ3) is 3.21. The number of nitrogens with zero attached hydrogens (tertiary/aromatic N) is 4. The molecular weight excluding hydrogens is 362 g/mol. The number of fused-ring (bicyclic) bond motifs is 2. The molecule has 0 spiro atoms. The highest BCUT2D eigenvalue weighted by atomic mass is 32.1. The number of aryl methyl sites for hydroxylation is 3. The van der Waals surface area contributed by atoms with Crippen LogP contribution in [-0.4, -0.2) is 50.7 Å². The van der Waals surface area contributed by atoms with Gasteiger partial charge in [-0.1, -0.05) is 0 Å². The molecule has 144 valence electrons. The fraction of sp³-hybridized carbons (Fsp3) is 0.579. The molecule has 4 heterocycles. The molecule has 2 aliphatic heterocycles. The minimum Gasteiger partial charge on any atom is -0.336 e. The first kappa shape index (κ1) is 18.3. The molecule has 1 amide bonds. The highest BCUT2D eigenvalue weighted by Crippen LogP contribution is 2.30. The lowest BCUT2D eigenvalue weighted by atomic mass is 10.1. The standard InChI is InChI=1S/C19H25N5O2S/c1-10-11(2)22-23(4)18(25)15(10)17-20-12(3)16(27-17)19(26)24-8-7-13-5-6-14(9-24)21-13/h13-14,21H,5-9H2,1-4H3. The maximum atomic E-state index is 13.2. The first-order chi connectivity index (χ1) is 12.8. The third-order valence-corrected chi connectivity index (χ3v) is 6.90. The van der Waals surface area contributed by atoms with Gasteiger partial charge < -0.3 is 10.2 Å². The third-order valence-electron chi connectivity index (χ3n) is 5.74. The molecule has 8 heteroatoms. The van der Waals surface area contributed by atoms with Crippen LogP contribution in [-0.2, 0) is 7.05 Å². The molecule has 2 saturated heterocycles. The number of carbonyl (C=O) groups is 1. The van der Waals surface area contributed by atoms with Gasteiger partial charge in [0.05, 0.1) is 17.0 Å². The topological polar surface area (TPSA) is 80.1 Å². The summed E-state index contributed by atoms with van der Waals surface area (Å²) in [4.78, 5) is 33.0. The molecule has 0 saturated carbocycles. The van der Waals surface area contributed by atoms with Gasteiger partial charge in [0.2, 0.25) is 0 Å². The quantitative estimate of drug-likeness (QED) is 0.850. The van der Waals surface area contributed by atoms with Crippen molar-refractivity contribution < 1.29 is 4.79 Å². The van der Waals surface area contributed by atoms with Crippen molar-refractivity contribution in [1.29, 1.82) is 0 Å². The predicted molar refractivity (Wildman–Crippen MR) is 105 cm³/mol. The van der Waals surface area contributed by atoms with Gasteiger partial charge in [-0.05, 0) is 45.6 Å². The Kier molecular flexibility index (Phi) is 4.63. The van der Waals surface area contributed by atoms with Crippen LogP contribution in [0.4, 0.5) is 0 Å². The predicted octanol–water partition coefficient (Wildman–Crippen LogP) is 1.80. The Labute approximate surface area is 162 Å². The van der Waals surface area contributed by atoms with Crippen molar-refractivity contribution in [3.05, 3.63) is 32.2 Å². The van der Waals surface area contributed by atoms with Crippen LogP contribution in [0, 0.1) is 20.8 Å². The van der Waals surface area contributed by atoms with Gasteiger partial charge in [-0.3, -0.25) is 9.59 Å². The van der Waals surface area contributed by atoms with Crippen molar-refractivity contribution in [3.8, 4) is 10.6 Å². The van der Waals surface area contributed by atoms with Crippen LogP contribution >= 0.6 is 11.3 Å². The van der Waals surface area contributed by atoms with E-state index >= 15 is 0 Å². The van der Waals surface area contributed by atoms with Gasteiger partial charge in [-0.25, -0.2) is 9.67 Å². The van der Waals surface area contributed by atoms with Crippen molar-refractivity contribution in [3.63, 3.8) is 0 Å². The van der Waals surface area contributed by atoms with Crippen molar-refractivity contribution in [2.24, 2.45) is 7.05 Å². The zero-order chi connectivity index (χ0) is 19.3. The van der Waals surface area contributed by atoms with E-state index in [4.69, 9.17) is 0 Å². The fourth-order valence-electron chi connectivity index (χ4n) is 4.07. The molecule has 2 bridgehead atoms. The maximum Gasteiger partial charge on any atom is 0.277 e. The monoisotopic (exact) mass is 387 g/mol. The van der Waals surface area contributed by atoms with Crippen molar-refractivity contribution >= 4 is 17.2 Å². The van der Waals surface area contributed by atoms with Crippen molar-refractivity contribution in [2.45, 2.75) is 52.1 Å². The van der Waals surface area contributed by atoms with Gasteiger partial charge in [0.1, 0.15) is 9.88 Å². The van der Waals surface area contributed by atoms with Crippen LogP contribution in [0.5, 0.6) is 0 Å². The Bertz CT molecular complexity index is 964. The van der Waals surface area contributed by atoms with E-state index in [-0.39, 0.29) is 11.5 Å². The number of hydrogen-bond donors (Lipinski definition) is 1. The molecule has 1 N–H and O–H groups in total. The highest BCUT2D eigenvalue weighted by molar-refractivity contribution is 7.17. The zero-order valence-electron chi connectivity index (χ0n) is 16.2. The SMILES string of the molecule is Cc1nc(-c2c(C)c(C)nn(C)c2=O)sc1C(=O)N1CCC2CCC(C1)N2. The Morgan fingerprint density at radius 3 is 2.67 bits per heavy atom. The minimum absolute atomic E-state index is 0.0332. The summed E-state index contributed by atoms with van der Waals surface area (Å²) in [5, 5.41) is 8.44. The molecule has 0 aromatic carbocycles. The average molecular weight is 388 g/mol. The molecule has 0 radical (unpaired) electrons. The van der Waals surface area contributed by atoms with Crippen LogP contribution in [0.15, 0.2) is 4.79 Å². The van der Waals surface area contributed by atoms with Gasteiger partial charge in [0.25, 0.3) is 11.5 Å². The fourth-order valence-corrected chi connectivity index (χ4v) is 5.20. The van der Waals surface area contributed by atoms with Gasteiger partial charge in [0.15, 0.2) is 0 Å². The molecule has 2 fully saturated rings. The van der Waals surface area contributed by atoms with Crippen LogP contribution in [0.2, 0.25) is 0 Å². The number of thiazole rings is 1. The summed E-state index contributed by atoms with van der Waals surface area (Å²) in [7, 11) is 1.64. The van der Waals surface area contributed by atoms with E-state index in [1.807, 2.05) is 25.7 Å². The molecule has 2 aliphatic rings. The number of aromatic nitrogens is 3. The van der Waals surface area contributed by atoms with E-state index in [0.29, 0.717) is 33.2 Å². The molecule has 4 rings (SSSR count). The Morgan fingerprint density at radius 2 is 1.89 bits per heavy atom. The lowest BCUT2D eigenvalue weighted by Gasteiger charge is -2.23. The minimum atomic E-state index is -0.179. The van der Waals surface area contributed by atoms with E-state index in [2.05, 4.69) is 15.4 Å². The Hall–Kier alpha value is -2.06. The van der Waals surface area contributed by atoms with Gasteiger partial charge in [-0.2, -0.15) is 5.10 Å². The highest BCUT2D eigenvalue weighted by Gasteiger charge is 2.33. The molecule has 7 nitrogen and oxygen atoms in total. The summed E-state index contributed by atoms with van der Waals surface area (Å²) in [6.07, 6.45) is 3.34. The molecule has 2 unspecified atom stereocenters. The number of carbonyl (C=O) groups excluding carboxylic acids is 1. The Morgan fingerprint density at radius 1 is 1.15 bits per heavy atom. The first-order valence-electron chi connectivity index (χ1n) is 9.42. The lowest BCUT2D eigenvalue weighted by Crippen LogP contribution is -2.39. The maximum absolute atomic E-state index is 13.2. The molecule has 2 aromatic rings. The normalized spacial score (nSPS) is 22.1. The smallest absolute Gasteiger partial charge is 0.277 e. The molecule has 2 aromatic heterocycles. The van der Waals surface area contributed by atoms with Crippen molar-refractivity contribution in [1.82, 2.24) is 25.0 Å². The summed E-state index contributed by atoms with van der Waals surface area (Å²) < 4.78 is 1.34. The average Bonchev–Trinajstić information content (AvgIpc) is 3.15. The summed E-state index contributed by atoms with van der Waals surface area (Å²) in [5.41, 5.74) is 2.68. The second kappa shape index (κ2) is 6.83. The van der Waals surface area contributed by atoms with Crippen LogP contribution in [0.25, 0.3) is 10.6 Å². The Balaban J connectivity index is 1.68. The van der Waals surface area contributed by atoms with Gasteiger partial charge >= 0.3 is 0 Å². The number of hydrogen-bond acceptors (Lipinski definition) is 6. The number of amides is 1. The van der Waals surface area contributed by atoms with Crippen molar-refractivity contribution in [2.75, 3.05) is 13.1 Å². The second-order valence-electron chi connectivity index (χ2n) is 7.63. The molecule has 0 aliphatic carbocycles. The molecule has 2 atom stereocenters. The number of nitrogens with one attached hydrogen (secondary N) is 1. The summed E-state index contributed by atoms with van der Waals surface area (Å²) in [5.74, 6) is 0.0332. The van der Waals surface area contributed by atoms with E-state index in [1.165, 1.54) is 22.4 Å². The zero-order valence-corrected chi connectivity index (χ0v) is 17.0. The number of rotatable bonds is 2. The number of likely N-dealkylation sites (tertiary alicyclic amines) is 1. The summed E-state index contributed by atoms with van der Waals surface area (Å²) in [6.45, 7) is 7.13. The van der Waals surface area contributed by atoms with E-state index in [1.54, 1.807) is 7.05 Å². The largest absolute Gasteiger partial charge is 0.336 e. The second-order valence-corrected chi connectivity index (χ2v) is 8.62. The van der Waals surface area contributed by atoms with E-state index < -0.39 is 0 Å². The lowest BCUT2D eigenvalue weighted by molar-refractivity contribution is 0.0752. The van der Waals surface area contributed by atoms with E-state index in [9.17, 15) is 9.59 Å². The molecule has 27 heavy (non-hydrogen) atoms. The summed E-state index contributed by atoms with van der Waals surface area (Å²) >= 11 is 1.32. The first-order valence-corrected chi connectivity index (χ1v) is 10.2. The van der Waals surface area contributed by atoms with Crippen LogP contribution in [0.1, 0.15) is 45.9 Å². The van der Waals surface area contributed by atoms with Crippen LogP contribution in [0.3, 0.4) is 0 Å². The van der Waals surface area contributed by atoms with Gasteiger partial charge in [-0.15, -0.1) is 11.3 Å². The van der Waals surface area contributed by atoms with E-state index in [0.717, 1.165) is 37.2 Å². The summed E-state index contributed by atoms with van der Waals surface area (Å²) in [6, 6.07) is 0.933. The van der Waals surface area contributed by atoms with Gasteiger partial charge in [0, 0.05) is 32.2 Å². The van der Waals surface area contributed by atoms with Crippen LogP contribution < -0.4 is 10.9 Å². The molecular formula is C19H25N5O2S.